The molecule has 318 valence electrons. The summed E-state index contributed by atoms with van der Waals surface area (Å²) in [7, 11) is 0. The standard InChI is InChI=1S/4C8H8O2.2C6H6N2O.2Cu/c4*1-6-2-4-7(5-3-6)8(9)10;2*7-6(9)5-1-3-8-4-2-5;;/h4*2-5H,1H3,(H,9,10);2*1-4H,(H2,7,9);;/q;;;;;;2*+2/p-4. The van der Waals surface area contributed by atoms with Crippen LogP contribution >= 0.6 is 0 Å². The van der Waals surface area contributed by atoms with Crippen molar-refractivity contribution in [3.8, 4) is 0 Å². The number of aromatic nitrogens is 2. The van der Waals surface area contributed by atoms with E-state index in [-0.39, 0.29) is 56.4 Å². The molecule has 0 saturated carbocycles. The zero-order valence-corrected chi connectivity index (χ0v) is 34.5. The first-order valence-electron chi connectivity index (χ1n) is 16.9. The van der Waals surface area contributed by atoms with E-state index in [4.69, 9.17) is 11.5 Å². The molecule has 2 amide bonds. The van der Waals surface area contributed by atoms with Crippen molar-refractivity contribution in [1.82, 2.24) is 9.97 Å². The van der Waals surface area contributed by atoms with E-state index in [9.17, 15) is 49.2 Å². The van der Waals surface area contributed by atoms with Gasteiger partial charge in [-0.2, -0.15) is 0 Å². The molecule has 0 aliphatic heterocycles. The molecular formula is C44H40Cu2N4O10. The van der Waals surface area contributed by atoms with Crippen molar-refractivity contribution >= 4 is 35.7 Å². The van der Waals surface area contributed by atoms with E-state index in [1.807, 2.05) is 27.7 Å². The Morgan fingerprint density at radius 3 is 0.617 bits per heavy atom. The molecule has 16 heteroatoms. The second-order valence-corrected chi connectivity index (χ2v) is 11.8. The Labute approximate surface area is 368 Å². The van der Waals surface area contributed by atoms with Crippen molar-refractivity contribution in [1.29, 1.82) is 0 Å². The van der Waals surface area contributed by atoms with Gasteiger partial charge in [-0.3, -0.25) is 19.6 Å². The Balaban J connectivity index is 0. The van der Waals surface area contributed by atoms with Crippen molar-refractivity contribution in [3.63, 3.8) is 0 Å². The van der Waals surface area contributed by atoms with Crippen molar-refractivity contribution in [3.05, 3.63) is 202 Å². The number of carbonyl (C=O) groups is 6. The number of hydrogen-bond donors (Lipinski definition) is 2. The van der Waals surface area contributed by atoms with E-state index >= 15 is 0 Å². The number of nitrogens with zero attached hydrogens (tertiary/aromatic N) is 2. The first kappa shape index (κ1) is 55.1. The molecule has 2 radical (unpaired) electrons. The third-order valence-electron chi connectivity index (χ3n) is 7.08. The van der Waals surface area contributed by atoms with E-state index in [1.165, 1.54) is 73.3 Å². The van der Waals surface area contributed by atoms with Crippen LogP contribution in [0.3, 0.4) is 0 Å². The third kappa shape index (κ3) is 24.0. The van der Waals surface area contributed by atoms with Crippen LogP contribution in [-0.2, 0) is 34.1 Å². The molecule has 0 unspecified atom stereocenters. The summed E-state index contributed by atoms with van der Waals surface area (Å²) in [4.78, 5) is 69.0. The van der Waals surface area contributed by atoms with Crippen LogP contribution in [0.5, 0.6) is 0 Å². The average molecular weight is 912 g/mol. The average Bonchev–Trinajstić information content (AvgIpc) is 3.20. The minimum absolute atomic E-state index is 0. The Kier molecular flexibility index (Phi) is 27.7. The minimum Gasteiger partial charge on any atom is -0.545 e. The number of aromatic carboxylic acids is 4. The van der Waals surface area contributed by atoms with Crippen LogP contribution in [-0.4, -0.2) is 45.7 Å². The van der Waals surface area contributed by atoms with Crippen LogP contribution in [0.25, 0.3) is 0 Å². The van der Waals surface area contributed by atoms with Crippen LogP contribution in [0.1, 0.15) is 84.4 Å². The summed E-state index contributed by atoms with van der Waals surface area (Å²) in [6.45, 7) is 7.61. The number of carbonyl (C=O) groups excluding carboxylic acids is 6. The van der Waals surface area contributed by atoms with Gasteiger partial charge in [0.15, 0.2) is 0 Å². The summed E-state index contributed by atoms with van der Waals surface area (Å²) >= 11 is 0. The van der Waals surface area contributed by atoms with Gasteiger partial charge < -0.3 is 51.1 Å². The topological polar surface area (TPSA) is 272 Å². The van der Waals surface area contributed by atoms with E-state index in [1.54, 1.807) is 72.8 Å². The third-order valence-corrected chi connectivity index (χ3v) is 7.08. The van der Waals surface area contributed by atoms with Crippen LogP contribution < -0.4 is 31.9 Å². The van der Waals surface area contributed by atoms with Gasteiger partial charge in [0, 0.05) is 35.9 Å². The normalized spacial score (nSPS) is 8.87. The second-order valence-electron chi connectivity index (χ2n) is 11.8. The molecule has 0 saturated heterocycles. The van der Waals surface area contributed by atoms with Crippen molar-refractivity contribution in [2.45, 2.75) is 27.7 Å². The number of primary amides is 2. The maximum atomic E-state index is 10.4. The Bertz CT molecular complexity index is 1940. The van der Waals surface area contributed by atoms with Gasteiger partial charge in [-0.05, 0) is 74.2 Å². The van der Waals surface area contributed by atoms with Crippen molar-refractivity contribution < 1.29 is 83.3 Å². The van der Waals surface area contributed by atoms with Gasteiger partial charge in [0.05, 0.1) is 23.9 Å². The summed E-state index contributed by atoms with van der Waals surface area (Å²) in [6.07, 6.45) is 6.11. The van der Waals surface area contributed by atoms with Gasteiger partial charge in [0.25, 0.3) is 0 Å². The molecule has 0 bridgehead atoms. The number of hydrogen-bond acceptors (Lipinski definition) is 12. The molecule has 0 fully saturated rings. The molecule has 0 aliphatic rings. The number of carboxylic acids is 4. The molecule has 2 aromatic heterocycles. The first-order chi connectivity index (χ1) is 27.4. The van der Waals surface area contributed by atoms with Gasteiger partial charge in [-0.15, -0.1) is 0 Å². The Morgan fingerprint density at radius 1 is 0.333 bits per heavy atom. The second kappa shape index (κ2) is 30.2. The quantitative estimate of drug-likeness (QED) is 0.227. The van der Waals surface area contributed by atoms with E-state index < -0.39 is 35.7 Å². The monoisotopic (exact) mass is 910 g/mol. The smallest absolute Gasteiger partial charge is 0.545 e. The first-order valence-corrected chi connectivity index (χ1v) is 16.9. The van der Waals surface area contributed by atoms with Gasteiger partial charge in [-0.25, -0.2) is 0 Å². The maximum absolute atomic E-state index is 10.4. The van der Waals surface area contributed by atoms with Crippen molar-refractivity contribution in [2.75, 3.05) is 0 Å². The molecule has 2 heterocycles. The minimum atomic E-state index is -1.12. The Morgan fingerprint density at radius 2 is 0.500 bits per heavy atom. The fraction of sp³-hybridized carbons (Fsp3) is 0.0909. The number of amides is 2. The zero-order valence-electron chi connectivity index (χ0n) is 32.6. The van der Waals surface area contributed by atoms with Crippen LogP contribution in [0, 0.1) is 27.7 Å². The van der Waals surface area contributed by atoms with E-state index in [2.05, 4.69) is 9.97 Å². The van der Waals surface area contributed by atoms with Gasteiger partial charge in [0.1, 0.15) is 0 Å². The molecule has 4 N–H and O–H groups in total. The molecule has 14 nitrogen and oxygen atoms in total. The molecule has 6 aromatic rings. The number of aryl methyl sites for hydroxylation is 4. The molecule has 0 atom stereocenters. The summed E-state index contributed by atoms with van der Waals surface area (Å²) in [5.41, 5.74) is 16.0. The van der Waals surface area contributed by atoms with Crippen molar-refractivity contribution in [2.24, 2.45) is 11.5 Å². The summed E-state index contributed by atoms with van der Waals surface area (Å²) in [5, 5.41) is 40.8. The van der Waals surface area contributed by atoms with E-state index in [0.717, 1.165) is 22.3 Å². The SMILES string of the molecule is Cc1ccc(C(=O)[O-])cc1.Cc1ccc(C(=O)[O-])cc1.Cc1ccc(C(=O)[O-])cc1.Cc1ccc(C(=O)[O-])cc1.NC(=O)c1ccncc1.NC(=O)c1ccncc1.[Cu+2].[Cu+2]. The largest absolute Gasteiger partial charge is 2.00 e. The molecular weight excluding hydrogens is 872 g/mol. The number of nitrogens with two attached hydrogens (primary N) is 2. The van der Waals surface area contributed by atoms with Gasteiger partial charge in [-0.1, -0.05) is 119 Å². The zero-order chi connectivity index (χ0) is 43.6. The molecule has 60 heavy (non-hydrogen) atoms. The van der Waals surface area contributed by atoms with E-state index in [0.29, 0.717) is 11.1 Å². The fourth-order valence-electron chi connectivity index (χ4n) is 3.79. The maximum Gasteiger partial charge on any atom is 2.00 e. The van der Waals surface area contributed by atoms with Crippen LogP contribution in [0.15, 0.2) is 146 Å². The summed E-state index contributed by atoms with van der Waals surface area (Å²) in [5.74, 6) is -5.34. The predicted molar refractivity (Wildman–Crippen MR) is 208 cm³/mol. The van der Waals surface area contributed by atoms with Gasteiger partial charge in [0.2, 0.25) is 11.8 Å². The fourth-order valence-corrected chi connectivity index (χ4v) is 3.79. The molecule has 4 aromatic carbocycles. The number of pyridine rings is 2. The number of carboxylic acid groups (broad SMARTS) is 4. The number of benzene rings is 4. The Hall–Kier alpha value is -6.96. The number of rotatable bonds is 6. The summed E-state index contributed by atoms with van der Waals surface area (Å²) < 4.78 is 0. The van der Waals surface area contributed by atoms with Gasteiger partial charge >= 0.3 is 34.1 Å². The molecule has 0 spiro atoms. The predicted octanol–water partition coefficient (Wildman–Crippen LogP) is 1.79. The summed E-state index contributed by atoms with van der Waals surface area (Å²) in [6, 6.07) is 32.5. The van der Waals surface area contributed by atoms with Crippen LogP contribution in [0.4, 0.5) is 0 Å². The molecule has 6 rings (SSSR count). The molecule has 0 aliphatic carbocycles. The van der Waals surface area contributed by atoms with Crippen LogP contribution in [0.2, 0.25) is 0 Å².